The number of aliphatic imine (C=N–C) groups is 1. The number of hydrogen-bond donors (Lipinski definition) is 1. The largest absolute Gasteiger partial charge is 0.337 e. The number of urea groups is 1. The maximum Gasteiger partial charge on any atom is 0.330 e. The molecule has 2 rings (SSSR count). The van der Waals surface area contributed by atoms with Crippen molar-refractivity contribution in [3.8, 4) is 0 Å². The van der Waals surface area contributed by atoms with Gasteiger partial charge in [-0.1, -0.05) is 26.2 Å². The number of hydrogen-bond acceptors (Lipinski definition) is 5. The number of nitrogens with one attached hydrogen (secondary N) is 1. The molecule has 1 fully saturated rings. The second kappa shape index (κ2) is 9.71. The Kier molecular flexibility index (Phi) is 7.31. The maximum atomic E-state index is 12.4. The normalized spacial score (nSPS) is 18.2. The van der Waals surface area contributed by atoms with Gasteiger partial charge >= 0.3 is 6.03 Å². The summed E-state index contributed by atoms with van der Waals surface area (Å²) < 4.78 is 1.94. The molecule has 136 valence electrons. The molecule has 1 aliphatic heterocycles. The number of aromatic nitrogens is 2. The lowest BCUT2D eigenvalue weighted by atomic mass is 10.1. The summed E-state index contributed by atoms with van der Waals surface area (Å²) in [6.07, 6.45) is 11.3. The predicted octanol–water partition coefficient (Wildman–Crippen LogP) is 1.62. The molecule has 1 aromatic heterocycles. The quantitative estimate of drug-likeness (QED) is 0.395. The molecule has 0 aliphatic carbocycles. The Morgan fingerprint density at radius 3 is 2.76 bits per heavy atom. The highest BCUT2D eigenvalue weighted by Gasteiger charge is 2.38. The first-order valence-electron chi connectivity index (χ1n) is 8.75. The first kappa shape index (κ1) is 18.8. The Morgan fingerprint density at radius 1 is 1.20 bits per heavy atom. The topological polar surface area (TPSA) is 96.7 Å². The second-order valence-corrected chi connectivity index (χ2v) is 6.03. The first-order valence-corrected chi connectivity index (χ1v) is 8.75. The average Bonchev–Trinajstić information content (AvgIpc) is 3.09. The van der Waals surface area contributed by atoms with Gasteiger partial charge in [-0.05, 0) is 12.8 Å². The molecule has 1 aliphatic rings. The van der Waals surface area contributed by atoms with Crippen molar-refractivity contribution in [1.82, 2.24) is 19.8 Å². The van der Waals surface area contributed by atoms with Crippen molar-refractivity contribution < 1.29 is 14.4 Å². The zero-order valence-electron chi connectivity index (χ0n) is 14.6. The smallest absolute Gasteiger partial charge is 0.330 e. The minimum atomic E-state index is -1.02. The summed E-state index contributed by atoms with van der Waals surface area (Å²) in [5, 5.41) is 2.24. The standard InChI is InChI=1S/C17H25N5O3/c1-2-3-4-5-10-22-16(24)14(15(23)20-17(22)25)12-18-7-6-9-21-11-8-19-13-21/h8,11-14H,2-7,9-10H2,1H3,(H,20,23,25)/t14-/m0/s1. The Hall–Kier alpha value is -2.51. The molecule has 8 nitrogen and oxygen atoms in total. The lowest BCUT2D eigenvalue weighted by Gasteiger charge is -2.28. The summed E-state index contributed by atoms with van der Waals surface area (Å²) in [6.45, 7) is 3.70. The van der Waals surface area contributed by atoms with Crippen molar-refractivity contribution >= 4 is 24.1 Å². The molecular formula is C17H25N5O3. The molecule has 25 heavy (non-hydrogen) atoms. The van der Waals surface area contributed by atoms with Crippen LogP contribution in [-0.4, -0.2) is 51.6 Å². The minimum absolute atomic E-state index is 0.336. The van der Waals surface area contributed by atoms with E-state index in [2.05, 4.69) is 22.2 Å². The molecule has 4 amide bonds. The van der Waals surface area contributed by atoms with Gasteiger partial charge in [0.1, 0.15) is 0 Å². The number of barbiturate groups is 1. The predicted molar refractivity (Wildman–Crippen MR) is 93.1 cm³/mol. The van der Waals surface area contributed by atoms with Crippen molar-refractivity contribution in [3.05, 3.63) is 18.7 Å². The fraction of sp³-hybridized carbons (Fsp3) is 0.588. The first-order chi connectivity index (χ1) is 12.1. The van der Waals surface area contributed by atoms with E-state index >= 15 is 0 Å². The SMILES string of the molecule is CCCCCCN1C(=O)NC(=O)[C@H](C=NCCCn2ccnc2)C1=O. The van der Waals surface area contributed by atoms with E-state index < -0.39 is 23.8 Å². The van der Waals surface area contributed by atoms with Gasteiger partial charge < -0.3 is 4.57 Å². The van der Waals surface area contributed by atoms with Gasteiger partial charge in [0, 0.05) is 38.2 Å². The fourth-order valence-corrected chi connectivity index (χ4v) is 2.61. The third-order valence-electron chi connectivity index (χ3n) is 4.04. The van der Waals surface area contributed by atoms with E-state index in [4.69, 9.17) is 0 Å². The van der Waals surface area contributed by atoms with E-state index in [0.29, 0.717) is 13.1 Å². The van der Waals surface area contributed by atoms with Crippen LogP contribution in [0.15, 0.2) is 23.7 Å². The fourth-order valence-electron chi connectivity index (χ4n) is 2.61. The van der Waals surface area contributed by atoms with Crippen LogP contribution in [0.4, 0.5) is 4.79 Å². The van der Waals surface area contributed by atoms with Crippen LogP contribution in [0.2, 0.25) is 0 Å². The van der Waals surface area contributed by atoms with E-state index in [0.717, 1.165) is 43.5 Å². The number of imide groups is 2. The van der Waals surface area contributed by atoms with Crippen LogP contribution in [0.3, 0.4) is 0 Å². The van der Waals surface area contributed by atoms with Gasteiger partial charge in [0.05, 0.1) is 6.33 Å². The highest BCUT2D eigenvalue weighted by Crippen LogP contribution is 2.11. The Morgan fingerprint density at radius 2 is 2.04 bits per heavy atom. The van der Waals surface area contributed by atoms with Gasteiger partial charge in [0.2, 0.25) is 11.8 Å². The zero-order valence-corrected chi connectivity index (χ0v) is 14.6. The molecule has 0 aromatic carbocycles. The van der Waals surface area contributed by atoms with Crippen molar-refractivity contribution in [2.75, 3.05) is 13.1 Å². The van der Waals surface area contributed by atoms with Crippen LogP contribution in [0, 0.1) is 5.92 Å². The monoisotopic (exact) mass is 347 g/mol. The van der Waals surface area contributed by atoms with Gasteiger partial charge in [-0.15, -0.1) is 0 Å². The molecule has 1 N–H and O–H groups in total. The highest BCUT2D eigenvalue weighted by atomic mass is 16.2. The molecule has 0 spiro atoms. The van der Waals surface area contributed by atoms with Crippen molar-refractivity contribution in [3.63, 3.8) is 0 Å². The molecule has 0 radical (unpaired) electrons. The number of carbonyl (C=O) groups is 3. The molecule has 2 heterocycles. The summed E-state index contributed by atoms with van der Waals surface area (Å²) in [7, 11) is 0. The van der Waals surface area contributed by atoms with Crippen LogP contribution in [-0.2, 0) is 16.1 Å². The van der Waals surface area contributed by atoms with E-state index in [1.165, 1.54) is 6.21 Å². The molecule has 1 saturated heterocycles. The number of nitrogens with zero attached hydrogens (tertiary/aromatic N) is 4. The second-order valence-electron chi connectivity index (χ2n) is 6.03. The molecule has 0 unspecified atom stereocenters. The molecule has 0 bridgehead atoms. The number of amides is 4. The van der Waals surface area contributed by atoms with Gasteiger partial charge in [0.25, 0.3) is 0 Å². The molecule has 0 saturated carbocycles. The van der Waals surface area contributed by atoms with Gasteiger partial charge in [0.15, 0.2) is 5.92 Å². The third kappa shape index (κ3) is 5.51. The molecule has 1 atom stereocenters. The van der Waals surface area contributed by atoms with E-state index in [1.54, 1.807) is 12.5 Å². The van der Waals surface area contributed by atoms with Crippen molar-refractivity contribution in [1.29, 1.82) is 0 Å². The summed E-state index contributed by atoms with van der Waals surface area (Å²) in [6, 6.07) is -0.628. The zero-order chi connectivity index (χ0) is 18.1. The number of rotatable bonds is 10. The van der Waals surface area contributed by atoms with Crippen LogP contribution in [0.1, 0.15) is 39.0 Å². The Labute approximate surface area is 147 Å². The minimum Gasteiger partial charge on any atom is -0.337 e. The van der Waals surface area contributed by atoms with Crippen LogP contribution in [0.5, 0.6) is 0 Å². The van der Waals surface area contributed by atoms with E-state index in [9.17, 15) is 14.4 Å². The van der Waals surface area contributed by atoms with Crippen molar-refractivity contribution in [2.24, 2.45) is 10.9 Å². The van der Waals surface area contributed by atoms with Crippen LogP contribution >= 0.6 is 0 Å². The molecule has 1 aromatic rings. The molecular weight excluding hydrogens is 322 g/mol. The Bertz CT molecular complexity index is 612. The van der Waals surface area contributed by atoms with E-state index in [1.807, 2.05) is 10.8 Å². The van der Waals surface area contributed by atoms with Gasteiger partial charge in [-0.25, -0.2) is 9.78 Å². The summed E-state index contributed by atoms with van der Waals surface area (Å²) in [5.41, 5.74) is 0. The number of aryl methyl sites for hydroxylation is 1. The summed E-state index contributed by atoms with van der Waals surface area (Å²) in [5.74, 6) is -2.10. The maximum absolute atomic E-state index is 12.4. The van der Waals surface area contributed by atoms with Crippen molar-refractivity contribution in [2.45, 2.75) is 45.6 Å². The average molecular weight is 347 g/mol. The summed E-state index contributed by atoms with van der Waals surface area (Å²) >= 11 is 0. The Balaban J connectivity index is 1.82. The summed E-state index contributed by atoms with van der Waals surface area (Å²) in [4.78, 5) is 45.4. The van der Waals surface area contributed by atoms with Crippen LogP contribution < -0.4 is 5.32 Å². The number of unbranched alkanes of at least 4 members (excludes halogenated alkanes) is 3. The van der Waals surface area contributed by atoms with Gasteiger partial charge in [-0.2, -0.15) is 0 Å². The highest BCUT2D eigenvalue weighted by molar-refractivity contribution is 6.23. The lowest BCUT2D eigenvalue weighted by molar-refractivity contribution is -0.139. The molecule has 8 heteroatoms. The van der Waals surface area contributed by atoms with Crippen LogP contribution in [0.25, 0.3) is 0 Å². The number of imidazole rings is 1. The number of carbonyl (C=O) groups excluding carboxylic acids is 3. The third-order valence-corrected chi connectivity index (χ3v) is 4.04. The van der Waals surface area contributed by atoms with E-state index in [-0.39, 0.29) is 0 Å². The lowest BCUT2D eigenvalue weighted by Crippen LogP contribution is -2.58. The van der Waals surface area contributed by atoms with Gasteiger partial charge in [-0.3, -0.25) is 24.8 Å².